The number of nitrogens with one attached hydrogen (secondary N) is 1. The van der Waals surface area contributed by atoms with E-state index < -0.39 is 0 Å². The van der Waals surface area contributed by atoms with Crippen LogP contribution in [0.2, 0.25) is 0 Å². The van der Waals surface area contributed by atoms with Crippen LogP contribution in [0.3, 0.4) is 0 Å². The Labute approximate surface area is 59.7 Å². The summed E-state index contributed by atoms with van der Waals surface area (Å²) in [7, 11) is 0. The molecule has 0 aliphatic rings. The lowest BCUT2D eigenvalue weighted by molar-refractivity contribution is -0.111. The van der Waals surface area contributed by atoms with Crippen LogP contribution in [0, 0.1) is 5.41 Å². The Morgan fingerprint density at radius 1 is 1.56 bits per heavy atom. The third-order valence-electron chi connectivity index (χ3n) is 1.05. The van der Waals surface area contributed by atoms with Crippen molar-refractivity contribution in [3.05, 3.63) is 0 Å². The van der Waals surface area contributed by atoms with Crippen LogP contribution >= 0.6 is 11.6 Å². The molecule has 0 saturated heterocycles. The van der Waals surface area contributed by atoms with E-state index in [0.29, 0.717) is 25.0 Å². The molecular formula is C6H10ClNO. The second-order valence-corrected chi connectivity index (χ2v) is 2.23. The Balaban J connectivity index is 3.28. The molecular weight excluding hydrogens is 138 g/mol. The number of carbonyl (C=O) groups is 1. The van der Waals surface area contributed by atoms with Crippen molar-refractivity contribution < 1.29 is 4.79 Å². The zero-order valence-electron chi connectivity index (χ0n) is 5.41. The Hall–Kier alpha value is -0.370. The van der Waals surface area contributed by atoms with Gasteiger partial charge in [-0.15, -0.1) is 0 Å². The molecule has 1 N–H and O–H groups in total. The predicted octanol–water partition coefficient (Wildman–Crippen LogP) is 1.96. The zero-order valence-corrected chi connectivity index (χ0v) is 6.16. The van der Waals surface area contributed by atoms with Crippen molar-refractivity contribution in [3.8, 4) is 0 Å². The van der Waals surface area contributed by atoms with Crippen molar-refractivity contribution >= 4 is 22.6 Å². The topological polar surface area (TPSA) is 40.9 Å². The fourth-order valence-corrected chi connectivity index (χ4v) is 0.520. The lowest BCUT2D eigenvalue weighted by Gasteiger charge is -1.93. The van der Waals surface area contributed by atoms with Gasteiger partial charge in [-0.05, 0) is 24.4 Å². The van der Waals surface area contributed by atoms with E-state index in [0.717, 1.165) is 0 Å². The Kier molecular flexibility index (Phi) is 4.32. The molecule has 0 spiro atoms. The van der Waals surface area contributed by atoms with Crippen molar-refractivity contribution in [3.63, 3.8) is 0 Å². The molecule has 2 nitrogen and oxygen atoms in total. The highest BCUT2D eigenvalue weighted by atomic mass is 35.5. The molecule has 0 aromatic rings. The molecule has 0 aromatic heterocycles. The van der Waals surface area contributed by atoms with Crippen molar-refractivity contribution in [1.29, 1.82) is 5.41 Å². The minimum absolute atomic E-state index is 0.300. The summed E-state index contributed by atoms with van der Waals surface area (Å²) < 4.78 is 0. The standard InChI is InChI=1S/C6H10ClNO/c1-2-5(8)3-4-6(7)9/h8H,2-4H2,1H3. The molecule has 3 heteroatoms. The Bertz CT molecular complexity index is 122. The van der Waals surface area contributed by atoms with Gasteiger partial charge in [-0.1, -0.05) is 6.92 Å². The second kappa shape index (κ2) is 4.50. The molecule has 0 atom stereocenters. The van der Waals surface area contributed by atoms with Gasteiger partial charge in [0, 0.05) is 12.1 Å². The summed E-state index contributed by atoms with van der Waals surface area (Å²) in [6.07, 6.45) is 1.53. The van der Waals surface area contributed by atoms with Crippen LogP contribution in [-0.2, 0) is 4.79 Å². The molecule has 0 aromatic carbocycles. The van der Waals surface area contributed by atoms with Gasteiger partial charge in [0.05, 0.1) is 0 Å². The highest BCUT2D eigenvalue weighted by molar-refractivity contribution is 6.63. The summed E-state index contributed by atoms with van der Waals surface area (Å²) in [6, 6.07) is 0. The normalized spacial score (nSPS) is 9.11. The van der Waals surface area contributed by atoms with Crippen LogP contribution in [0.5, 0.6) is 0 Å². The molecule has 0 fully saturated rings. The van der Waals surface area contributed by atoms with E-state index in [-0.39, 0.29) is 5.24 Å². The lowest BCUT2D eigenvalue weighted by Crippen LogP contribution is -1.96. The average molecular weight is 148 g/mol. The van der Waals surface area contributed by atoms with Crippen LogP contribution in [0.25, 0.3) is 0 Å². The minimum Gasteiger partial charge on any atom is -0.310 e. The van der Waals surface area contributed by atoms with Crippen LogP contribution in [0.4, 0.5) is 0 Å². The van der Waals surface area contributed by atoms with E-state index in [2.05, 4.69) is 0 Å². The summed E-state index contributed by atoms with van der Waals surface area (Å²) in [5.74, 6) is 0. The van der Waals surface area contributed by atoms with Crippen LogP contribution in [0.15, 0.2) is 0 Å². The van der Waals surface area contributed by atoms with Crippen molar-refractivity contribution in [2.75, 3.05) is 0 Å². The molecule has 0 radical (unpaired) electrons. The maximum Gasteiger partial charge on any atom is 0.222 e. The van der Waals surface area contributed by atoms with Crippen molar-refractivity contribution in [2.45, 2.75) is 26.2 Å². The van der Waals surface area contributed by atoms with E-state index in [1.165, 1.54) is 0 Å². The number of halogens is 1. The van der Waals surface area contributed by atoms with E-state index in [1.807, 2.05) is 6.92 Å². The van der Waals surface area contributed by atoms with Gasteiger partial charge in [-0.3, -0.25) is 4.79 Å². The zero-order chi connectivity index (χ0) is 7.28. The monoisotopic (exact) mass is 147 g/mol. The van der Waals surface area contributed by atoms with E-state index >= 15 is 0 Å². The molecule has 0 aliphatic carbocycles. The first kappa shape index (κ1) is 8.63. The summed E-state index contributed by atoms with van der Waals surface area (Å²) in [4.78, 5) is 10.1. The maximum absolute atomic E-state index is 10.1. The molecule has 0 bridgehead atoms. The number of hydrogen-bond acceptors (Lipinski definition) is 2. The SMILES string of the molecule is CCC(=N)CCC(=O)Cl. The van der Waals surface area contributed by atoms with Gasteiger partial charge < -0.3 is 5.41 Å². The first-order chi connectivity index (χ1) is 4.16. The van der Waals surface area contributed by atoms with Gasteiger partial charge >= 0.3 is 0 Å². The Morgan fingerprint density at radius 2 is 2.11 bits per heavy atom. The number of rotatable bonds is 4. The quantitative estimate of drug-likeness (QED) is 0.479. The minimum atomic E-state index is -0.354. The number of hydrogen-bond donors (Lipinski definition) is 1. The van der Waals surface area contributed by atoms with Gasteiger partial charge in [0.15, 0.2) is 0 Å². The molecule has 9 heavy (non-hydrogen) atoms. The van der Waals surface area contributed by atoms with Gasteiger partial charge in [0.25, 0.3) is 0 Å². The average Bonchev–Trinajstić information content (AvgIpc) is 1.83. The second-order valence-electron chi connectivity index (χ2n) is 1.81. The molecule has 0 saturated carbocycles. The molecule has 0 aliphatic heterocycles. The summed E-state index contributed by atoms with van der Waals surface area (Å²) in [5.41, 5.74) is 0.587. The molecule has 0 amide bonds. The van der Waals surface area contributed by atoms with Gasteiger partial charge in [-0.25, -0.2) is 0 Å². The highest BCUT2D eigenvalue weighted by Gasteiger charge is 1.97. The summed E-state index contributed by atoms with van der Waals surface area (Å²) in [5, 5.41) is 6.77. The van der Waals surface area contributed by atoms with E-state index in [1.54, 1.807) is 0 Å². The smallest absolute Gasteiger partial charge is 0.222 e. The number of carbonyl (C=O) groups excluding carboxylic acids is 1. The summed E-state index contributed by atoms with van der Waals surface area (Å²) in [6.45, 7) is 1.89. The van der Waals surface area contributed by atoms with Crippen LogP contribution < -0.4 is 0 Å². The predicted molar refractivity (Wildman–Crippen MR) is 38.1 cm³/mol. The Morgan fingerprint density at radius 3 is 2.44 bits per heavy atom. The first-order valence-electron chi connectivity index (χ1n) is 2.91. The first-order valence-corrected chi connectivity index (χ1v) is 3.29. The maximum atomic E-state index is 10.1. The third kappa shape index (κ3) is 5.50. The van der Waals surface area contributed by atoms with Gasteiger partial charge in [0.1, 0.15) is 0 Å². The lowest BCUT2D eigenvalue weighted by atomic mass is 10.2. The van der Waals surface area contributed by atoms with Crippen molar-refractivity contribution in [1.82, 2.24) is 0 Å². The van der Waals surface area contributed by atoms with E-state index in [9.17, 15) is 4.79 Å². The van der Waals surface area contributed by atoms with Crippen LogP contribution in [-0.4, -0.2) is 11.0 Å². The highest BCUT2D eigenvalue weighted by Crippen LogP contribution is 1.97. The van der Waals surface area contributed by atoms with Gasteiger partial charge in [0.2, 0.25) is 5.24 Å². The van der Waals surface area contributed by atoms with E-state index in [4.69, 9.17) is 17.0 Å². The molecule has 0 unspecified atom stereocenters. The molecule has 0 heterocycles. The third-order valence-corrected chi connectivity index (χ3v) is 1.24. The fraction of sp³-hybridized carbons (Fsp3) is 0.667. The van der Waals surface area contributed by atoms with Crippen LogP contribution in [0.1, 0.15) is 26.2 Å². The largest absolute Gasteiger partial charge is 0.310 e. The molecule has 0 rings (SSSR count). The van der Waals surface area contributed by atoms with Gasteiger partial charge in [-0.2, -0.15) is 0 Å². The van der Waals surface area contributed by atoms with Crippen molar-refractivity contribution in [2.24, 2.45) is 0 Å². The summed E-state index contributed by atoms with van der Waals surface area (Å²) >= 11 is 5.04. The fourth-order valence-electron chi connectivity index (χ4n) is 0.426. The molecule has 52 valence electrons.